The molecule has 2 rings (SSSR count). The van der Waals surface area contributed by atoms with Crippen LogP contribution in [0.1, 0.15) is 29.8 Å². The molecule has 2 aromatic carbocycles. The fourth-order valence-electron chi connectivity index (χ4n) is 2.48. The van der Waals surface area contributed by atoms with Crippen molar-refractivity contribution in [2.45, 2.75) is 19.9 Å². The Balaban J connectivity index is 1.97. The summed E-state index contributed by atoms with van der Waals surface area (Å²) in [5.41, 5.74) is 0.00883. The average molecular weight is 415 g/mol. The van der Waals surface area contributed by atoms with Gasteiger partial charge in [-0.2, -0.15) is 5.26 Å². The van der Waals surface area contributed by atoms with Crippen molar-refractivity contribution in [3.05, 3.63) is 65.2 Å². The lowest BCUT2D eigenvalue weighted by molar-refractivity contribution is -0.150. The predicted octanol–water partition coefficient (Wildman–Crippen LogP) is 2.77. The molecular formula is C21H19F2N3O4. The Hall–Kier alpha value is -3.80. The number of hydrogen-bond donors (Lipinski definition) is 2. The van der Waals surface area contributed by atoms with E-state index < -0.39 is 53.5 Å². The van der Waals surface area contributed by atoms with Crippen LogP contribution in [0.3, 0.4) is 0 Å². The number of nitrogens with one attached hydrogen (secondary N) is 2. The molecule has 30 heavy (non-hydrogen) atoms. The monoisotopic (exact) mass is 415 g/mol. The zero-order valence-corrected chi connectivity index (χ0v) is 16.2. The Labute approximate surface area is 171 Å². The van der Waals surface area contributed by atoms with Crippen LogP contribution in [-0.4, -0.2) is 30.4 Å². The zero-order valence-electron chi connectivity index (χ0n) is 16.2. The van der Waals surface area contributed by atoms with E-state index in [1.54, 1.807) is 13.8 Å². The largest absolute Gasteiger partial charge is 0.454 e. The van der Waals surface area contributed by atoms with Gasteiger partial charge in [0.05, 0.1) is 11.6 Å². The van der Waals surface area contributed by atoms with Crippen molar-refractivity contribution in [1.29, 1.82) is 5.26 Å². The highest BCUT2D eigenvalue weighted by Crippen LogP contribution is 2.14. The minimum Gasteiger partial charge on any atom is -0.454 e. The van der Waals surface area contributed by atoms with Crippen molar-refractivity contribution in [2.75, 3.05) is 11.9 Å². The molecule has 0 aliphatic rings. The smallest absolute Gasteiger partial charge is 0.329 e. The van der Waals surface area contributed by atoms with Gasteiger partial charge in [0.25, 0.3) is 11.8 Å². The second-order valence-electron chi connectivity index (χ2n) is 6.64. The van der Waals surface area contributed by atoms with E-state index >= 15 is 0 Å². The second-order valence-corrected chi connectivity index (χ2v) is 6.64. The first-order valence-corrected chi connectivity index (χ1v) is 8.94. The van der Waals surface area contributed by atoms with Crippen LogP contribution >= 0.6 is 0 Å². The lowest BCUT2D eigenvalue weighted by Crippen LogP contribution is -2.46. The molecule has 0 fully saturated rings. The molecule has 0 saturated carbocycles. The number of hydrogen-bond acceptors (Lipinski definition) is 5. The molecule has 9 heteroatoms. The molecule has 0 aliphatic heterocycles. The summed E-state index contributed by atoms with van der Waals surface area (Å²) in [6, 6.07) is 9.72. The van der Waals surface area contributed by atoms with E-state index in [1.165, 1.54) is 24.3 Å². The third kappa shape index (κ3) is 5.85. The van der Waals surface area contributed by atoms with Gasteiger partial charge in [-0.15, -0.1) is 0 Å². The molecule has 0 bridgehead atoms. The van der Waals surface area contributed by atoms with Crippen LogP contribution in [0.2, 0.25) is 0 Å². The molecule has 7 nitrogen and oxygen atoms in total. The van der Waals surface area contributed by atoms with Crippen LogP contribution in [0, 0.1) is 28.9 Å². The highest BCUT2D eigenvalue weighted by atomic mass is 19.1. The van der Waals surface area contributed by atoms with Crippen molar-refractivity contribution < 1.29 is 27.9 Å². The molecule has 156 valence electrons. The first kappa shape index (κ1) is 22.5. The van der Waals surface area contributed by atoms with E-state index in [4.69, 9.17) is 10.00 Å². The second kappa shape index (κ2) is 10.1. The van der Waals surface area contributed by atoms with Crippen molar-refractivity contribution >= 4 is 23.5 Å². The summed E-state index contributed by atoms with van der Waals surface area (Å²) in [7, 11) is 0. The Morgan fingerprint density at radius 3 is 2.20 bits per heavy atom. The number of anilines is 1. The van der Waals surface area contributed by atoms with Gasteiger partial charge in [-0.1, -0.05) is 19.9 Å². The van der Waals surface area contributed by atoms with Gasteiger partial charge in [0.2, 0.25) is 0 Å². The average Bonchev–Trinajstić information content (AvgIpc) is 2.70. The third-order valence-electron chi connectivity index (χ3n) is 4.04. The molecule has 0 unspecified atom stereocenters. The Kier molecular flexibility index (Phi) is 7.58. The number of benzene rings is 2. The number of rotatable bonds is 7. The molecule has 0 aliphatic carbocycles. The molecule has 0 radical (unpaired) electrons. The van der Waals surface area contributed by atoms with Crippen LogP contribution in [0.25, 0.3) is 0 Å². The fraction of sp³-hybridized carbons (Fsp3) is 0.238. The summed E-state index contributed by atoms with van der Waals surface area (Å²) >= 11 is 0. The fourth-order valence-corrected chi connectivity index (χ4v) is 2.48. The number of nitrogens with zero attached hydrogens (tertiary/aromatic N) is 1. The maximum Gasteiger partial charge on any atom is 0.329 e. The number of halogens is 2. The predicted molar refractivity (Wildman–Crippen MR) is 103 cm³/mol. The highest BCUT2D eigenvalue weighted by Gasteiger charge is 2.28. The minimum absolute atomic E-state index is 0.402. The molecule has 2 N–H and O–H groups in total. The Bertz CT molecular complexity index is 964. The summed E-state index contributed by atoms with van der Waals surface area (Å²) in [6.07, 6.45) is 0. The number of ether oxygens (including phenoxy) is 1. The first-order chi connectivity index (χ1) is 14.2. The van der Waals surface area contributed by atoms with Gasteiger partial charge in [0.1, 0.15) is 23.2 Å². The molecule has 2 amide bonds. The summed E-state index contributed by atoms with van der Waals surface area (Å²) in [5.74, 6) is -5.27. The van der Waals surface area contributed by atoms with Crippen LogP contribution in [0.4, 0.5) is 14.5 Å². The number of carbonyl (C=O) groups is 3. The molecule has 1 atom stereocenters. The standard InChI is InChI=1S/C21H19F2N3O4/c1-12(2)19(26-20(28)18-15(22)4-3-5-16(18)23)21(29)30-11-17(27)25-14-8-6-13(10-24)7-9-14/h3-9,12,19H,11H2,1-2H3,(H,25,27)(H,26,28)/t19-/m0/s1. The van der Waals surface area contributed by atoms with Crippen LogP contribution < -0.4 is 10.6 Å². The number of nitriles is 1. The normalized spacial score (nSPS) is 11.3. The summed E-state index contributed by atoms with van der Waals surface area (Å²) < 4.78 is 32.5. The molecule has 2 aromatic rings. The van der Waals surface area contributed by atoms with Gasteiger partial charge >= 0.3 is 5.97 Å². The summed E-state index contributed by atoms with van der Waals surface area (Å²) in [5, 5.41) is 13.5. The topological polar surface area (TPSA) is 108 Å². The quantitative estimate of drug-likeness (QED) is 0.676. The van der Waals surface area contributed by atoms with Gasteiger partial charge in [-0.05, 0) is 42.3 Å². The molecule has 0 saturated heterocycles. The van der Waals surface area contributed by atoms with Gasteiger partial charge in [0.15, 0.2) is 6.61 Å². The maximum absolute atomic E-state index is 13.8. The van der Waals surface area contributed by atoms with E-state index in [0.717, 1.165) is 18.2 Å². The molecule has 0 spiro atoms. The van der Waals surface area contributed by atoms with Gasteiger partial charge in [0, 0.05) is 5.69 Å². The summed E-state index contributed by atoms with van der Waals surface area (Å²) in [4.78, 5) is 36.5. The summed E-state index contributed by atoms with van der Waals surface area (Å²) in [6.45, 7) is 2.56. The van der Waals surface area contributed by atoms with Crippen LogP contribution in [0.15, 0.2) is 42.5 Å². The number of carbonyl (C=O) groups excluding carboxylic acids is 3. The lowest BCUT2D eigenvalue weighted by Gasteiger charge is -2.21. The van der Waals surface area contributed by atoms with E-state index in [9.17, 15) is 23.2 Å². The van der Waals surface area contributed by atoms with Gasteiger partial charge in [-0.3, -0.25) is 9.59 Å². The van der Waals surface area contributed by atoms with E-state index in [0.29, 0.717) is 11.3 Å². The van der Waals surface area contributed by atoms with Gasteiger partial charge < -0.3 is 15.4 Å². The van der Waals surface area contributed by atoms with Crippen molar-refractivity contribution in [3.63, 3.8) is 0 Å². The zero-order chi connectivity index (χ0) is 22.3. The number of esters is 1. The van der Waals surface area contributed by atoms with E-state index in [-0.39, 0.29) is 0 Å². The lowest BCUT2D eigenvalue weighted by atomic mass is 10.0. The highest BCUT2D eigenvalue weighted by molar-refractivity contribution is 5.98. The SMILES string of the molecule is CC(C)[C@H](NC(=O)c1c(F)cccc1F)C(=O)OCC(=O)Nc1ccc(C#N)cc1. The Morgan fingerprint density at radius 2 is 1.67 bits per heavy atom. The first-order valence-electron chi connectivity index (χ1n) is 8.94. The van der Waals surface area contributed by atoms with E-state index in [2.05, 4.69) is 10.6 Å². The van der Waals surface area contributed by atoms with Crippen LogP contribution in [-0.2, 0) is 14.3 Å². The minimum atomic E-state index is -1.22. The Morgan fingerprint density at radius 1 is 1.07 bits per heavy atom. The maximum atomic E-state index is 13.8. The van der Waals surface area contributed by atoms with E-state index in [1.807, 2.05) is 6.07 Å². The third-order valence-corrected chi connectivity index (χ3v) is 4.04. The van der Waals surface area contributed by atoms with Gasteiger partial charge in [-0.25, -0.2) is 13.6 Å². The van der Waals surface area contributed by atoms with Crippen molar-refractivity contribution in [2.24, 2.45) is 5.92 Å². The molecule has 0 heterocycles. The number of amides is 2. The molecule has 0 aromatic heterocycles. The van der Waals surface area contributed by atoms with Crippen LogP contribution in [0.5, 0.6) is 0 Å². The van der Waals surface area contributed by atoms with Crippen molar-refractivity contribution in [1.82, 2.24) is 5.32 Å². The molecular weight excluding hydrogens is 396 g/mol. The van der Waals surface area contributed by atoms with Crippen molar-refractivity contribution in [3.8, 4) is 6.07 Å².